The van der Waals surface area contributed by atoms with Gasteiger partial charge in [-0.2, -0.15) is 5.10 Å². The molecule has 0 saturated heterocycles. The zero-order chi connectivity index (χ0) is 21.0. The minimum absolute atomic E-state index is 0.0776. The van der Waals surface area contributed by atoms with Gasteiger partial charge in [-0.1, -0.05) is 18.2 Å². The van der Waals surface area contributed by atoms with Crippen LogP contribution in [-0.2, 0) is 14.3 Å². The predicted octanol–water partition coefficient (Wildman–Crippen LogP) is 0.839. The minimum atomic E-state index is -1.56. The summed E-state index contributed by atoms with van der Waals surface area (Å²) in [5, 5.41) is 15.4. The van der Waals surface area contributed by atoms with Crippen molar-refractivity contribution in [2.45, 2.75) is 5.92 Å². The molecule has 0 aliphatic carbocycles. The van der Waals surface area contributed by atoms with E-state index >= 15 is 0 Å². The predicted molar refractivity (Wildman–Crippen MR) is 105 cm³/mol. The van der Waals surface area contributed by atoms with E-state index in [1.807, 2.05) is 0 Å². The lowest BCUT2D eigenvalue weighted by molar-refractivity contribution is -0.141. The first kappa shape index (κ1) is 19.5. The number of aromatic amines is 1. The van der Waals surface area contributed by atoms with Gasteiger partial charge in [0.25, 0.3) is 11.5 Å². The third kappa shape index (κ3) is 4.05. The van der Waals surface area contributed by atoms with Gasteiger partial charge in [-0.25, -0.2) is 4.98 Å². The number of nitrogens with zero attached hydrogens (tertiary/aromatic N) is 2. The Morgan fingerprint density at radius 1 is 1.24 bits per heavy atom. The number of rotatable bonds is 5. The molecule has 1 atom stereocenters. The lowest BCUT2D eigenvalue weighted by atomic mass is 9.98. The molecule has 3 aromatic rings. The fourth-order valence-electron chi connectivity index (χ4n) is 2.75. The molecule has 1 heterocycles. The first-order valence-corrected chi connectivity index (χ1v) is 8.39. The first-order valence-electron chi connectivity index (χ1n) is 8.39. The van der Waals surface area contributed by atoms with E-state index in [1.165, 1.54) is 24.3 Å². The molecule has 5 N–H and O–H groups in total. The number of esters is 1. The highest BCUT2D eigenvalue weighted by Gasteiger charge is 2.36. The van der Waals surface area contributed by atoms with Crippen LogP contribution in [0, 0.1) is 0 Å². The van der Waals surface area contributed by atoms with Crippen LogP contribution in [0.2, 0.25) is 0 Å². The molecule has 10 nitrogen and oxygen atoms in total. The number of methoxy groups -OCH3 is 1. The van der Waals surface area contributed by atoms with Gasteiger partial charge in [0.15, 0.2) is 5.92 Å². The van der Waals surface area contributed by atoms with Gasteiger partial charge in [0.2, 0.25) is 0 Å². The average Bonchev–Trinajstić information content (AvgIpc) is 2.71. The van der Waals surface area contributed by atoms with Gasteiger partial charge < -0.3 is 26.0 Å². The van der Waals surface area contributed by atoms with Gasteiger partial charge in [-0.05, 0) is 24.3 Å². The average molecular weight is 395 g/mol. The quantitative estimate of drug-likeness (QED) is 0.215. The van der Waals surface area contributed by atoms with Gasteiger partial charge in [-0.3, -0.25) is 14.4 Å². The Bertz CT molecular complexity index is 1170. The number of phenolic OH excluding ortho intramolecular Hbond substituents is 1. The van der Waals surface area contributed by atoms with Gasteiger partial charge in [-0.15, -0.1) is 0 Å². The Balaban J connectivity index is 2.05. The van der Waals surface area contributed by atoms with E-state index in [4.69, 9.17) is 10.6 Å². The molecule has 2 aromatic carbocycles. The number of hydrazone groups is 1. The maximum absolute atomic E-state index is 12.7. The van der Waals surface area contributed by atoms with Crippen molar-refractivity contribution < 1.29 is 19.4 Å². The van der Waals surface area contributed by atoms with Crippen molar-refractivity contribution in [3.05, 3.63) is 64.6 Å². The van der Waals surface area contributed by atoms with Crippen LogP contribution >= 0.6 is 0 Å². The minimum Gasteiger partial charge on any atom is -0.508 e. The summed E-state index contributed by atoms with van der Waals surface area (Å²) in [6.07, 6.45) is 0. The maximum Gasteiger partial charge on any atom is 0.321 e. The molecule has 0 saturated carbocycles. The topological polar surface area (TPSA) is 160 Å². The molecule has 0 aliphatic rings. The first-order chi connectivity index (χ1) is 13.9. The number of aromatic nitrogens is 2. The highest BCUT2D eigenvalue weighted by atomic mass is 16.5. The number of fused-ring (bicyclic) bond motifs is 1. The number of phenols is 1. The van der Waals surface area contributed by atoms with E-state index in [-0.39, 0.29) is 17.1 Å². The van der Waals surface area contributed by atoms with Crippen molar-refractivity contribution in [1.82, 2.24) is 9.97 Å². The summed E-state index contributed by atoms with van der Waals surface area (Å²) in [6, 6.07) is 12.4. The Hall–Kier alpha value is -4.21. The van der Waals surface area contributed by atoms with Gasteiger partial charge in [0.05, 0.1) is 18.1 Å². The summed E-state index contributed by atoms with van der Waals surface area (Å²) in [6.45, 7) is 0. The van der Waals surface area contributed by atoms with E-state index < -0.39 is 29.1 Å². The summed E-state index contributed by atoms with van der Waals surface area (Å²) in [7, 11) is 1.10. The van der Waals surface area contributed by atoms with E-state index in [0.29, 0.717) is 11.0 Å². The van der Waals surface area contributed by atoms with Crippen molar-refractivity contribution in [3.63, 3.8) is 0 Å². The number of anilines is 1. The van der Waals surface area contributed by atoms with Crippen molar-refractivity contribution in [2.24, 2.45) is 10.9 Å². The molecule has 0 radical (unpaired) electrons. The summed E-state index contributed by atoms with van der Waals surface area (Å²) in [5.41, 5.74) is -0.356. The Kier molecular flexibility index (Phi) is 5.54. The van der Waals surface area contributed by atoms with Crippen LogP contribution in [0.3, 0.4) is 0 Å². The van der Waals surface area contributed by atoms with Crippen LogP contribution < -0.4 is 16.7 Å². The molecular formula is C19H17N5O5. The molecule has 0 bridgehead atoms. The Morgan fingerprint density at radius 3 is 2.69 bits per heavy atom. The van der Waals surface area contributed by atoms with Gasteiger partial charge in [0.1, 0.15) is 17.2 Å². The monoisotopic (exact) mass is 395 g/mol. The Labute approximate surface area is 164 Å². The number of para-hydroxylation sites is 2. The van der Waals surface area contributed by atoms with Gasteiger partial charge >= 0.3 is 5.97 Å². The number of nitrogens with two attached hydrogens (primary N) is 1. The number of nitrogens with one attached hydrogen (secondary N) is 2. The molecule has 1 unspecified atom stereocenters. The maximum atomic E-state index is 12.7. The second-order valence-electron chi connectivity index (χ2n) is 5.94. The van der Waals surface area contributed by atoms with Crippen LogP contribution in [-0.4, -0.2) is 39.8 Å². The molecule has 10 heteroatoms. The van der Waals surface area contributed by atoms with Crippen LogP contribution in [0.4, 0.5) is 5.69 Å². The number of hydrogen-bond donors (Lipinski definition) is 4. The molecule has 0 fully saturated rings. The molecular weight excluding hydrogens is 378 g/mol. The third-order valence-corrected chi connectivity index (χ3v) is 4.09. The van der Waals surface area contributed by atoms with Crippen molar-refractivity contribution in [2.75, 3.05) is 12.4 Å². The van der Waals surface area contributed by atoms with Crippen molar-refractivity contribution in [1.29, 1.82) is 0 Å². The smallest absolute Gasteiger partial charge is 0.321 e. The van der Waals surface area contributed by atoms with Crippen LogP contribution in [0.15, 0.2) is 58.4 Å². The summed E-state index contributed by atoms with van der Waals surface area (Å²) in [5.74, 6) is 1.95. The lowest BCUT2D eigenvalue weighted by Gasteiger charge is -2.16. The molecule has 3 rings (SSSR count). The van der Waals surface area contributed by atoms with Crippen LogP contribution in [0.1, 0.15) is 11.6 Å². The molecule has 1 aromatic heterocycles. The summed E-state index contributed by atoms with van der Waals surface area (Å²) in [4.78, 5) is 44.5. The fourth-order valence-corrected chi connectivity index (χ4v) is 2.75. The summed E-state index contributed by atoms with van der Waals surface area (Å²) < 4.78 is 4.75. The second kappa shape index (κ2) is 8.21. The Morgan fingerprint density at radius 2 is 2.00 bits per heavy atom. The standard InChI is InChI=1S/C19H17N5O5/c1-29-19(28)14(15-17(26)23-13-8-3-2-7-12(13)22-15)16(24-20)18(27)21-10-5-4-6-11(25)9-10/h2-9,14,25H,20H2,1H3,(H,21,27)(H,23,26)/b24-16-. The van der Waals surface area contributed by atoms with Crippen LogP contribution in [0.25, 0.3) is 11.0 Å². The zero-order valence-corrected chi connectivity index (χ0v) is 15.2. The SMILES string of the molecule is COC(=O)C(/C(=N/N)C(=O)Nc1cccc(O)c1)c1nc2ccccc2[nH]c1=O. The number of H-pyrrole nitrogens is 1. The summed E-state index contributed by atoms with van der Waals surface area (Å²) >= 11 is 0. The van der Waals surface area contributed by atoms with Crippen molar-refractivity contribution >= 4 is 34.3 Å². The number of ether oxygens (including phenoxy) is 1. The molecule has 0 spiro atoms. The number of carbonyl (C=O) groups is 2. The molecule has 1 amide bonds. The number of hydrogen-bond acceptors (Lipinski definition) is 8. The number of carbonyl (C=O) groups excluding carboxylic acids is 2. The van der Waals surface area contributed by atoms with E-state index in [0.717, 1.165) is 7.11 Å². The normalized spacial score (nSPS) is 12.4. The number of benzene rings is 2. The highest BCUT2D eigenvalue weighted by molar-refractivity contribution is 6.47. The lowest BCUT2D eigenvalue weighted by Crippen LogP contribution is -2.38. The van der Waals surface area contributed by atoms with Crippen LogP contribution in [0.5, 0.6) is 5.75 Å². The highest BCUT2D eigenvalue weighted by Crippen LogP contribution is 2.20. The zero-order valence-electron chi connectivity index (χ0n) is 15.2. The second-order valence-corrected chi connectivity index (χ2v) is 5.94. The third-order valence-electron chi connectivity index (χ3n) is 4.09. The van der Waals surface area contributed by atoms with Gasteiger partial charge in [0, 0.05) is 11.8 Å². The fraction of sp³-hybridized carbons (Fsp3) is 0.105. The van der Waals surface area contributed by atoms with E-state index in [1.54, 1.807) is 24.3 Å². The number of amides is 1. The molecule has 29 heavy (non-hydrogen) atoms. The molecule has 0 aliphatic heterocycles. The molecule has 148 valence electrons. The van der Waals surface area contributed by atoms with E-state index in [9.17, 15) is 19.5 Å². The van der Waals surface area contributed by atoms with Crippen molar-refractivity contribution in [3.8, 4) is 5.75 Å². The number of aromatic hydroxyl groups is 1. The largest absolute Gasteiger partial charge is 0.508 e. The van der Waals surface area contributed by atoms with E-state index in [2.05, 4.69) is 20.4 Å².